The average Bonchev–Trinajstić information content (AvgIpc) is 1.63. The van der Waals surface area contributed by atoms with Crippen LogP contribution in [0.5, 0.6) is 0 Å². The van der Waals surface area contributed by atoms with E-state index < -0.39 is 36.4 Å². The van der Waals surface area contributed by atoms with Crippen molar-refractivity contribution in [1.82, 2.24) is 68.7 Å². The van der Waals surface area contributed by atoms with Crippen LogP contribution in [0.3, 0.4) is 0 Å². The Hall–Kier alpha value is -10.0. The summed E-state index contributed by atoms with van der Waals surface area (Å²) < 4.78 is 15.8. The van der Waals surface area contributed by atoms with E-state index in [1.54, 1.807) is 83.0 Å². The lowest BCUT2D eigenvalue weighted by molar-refractivity contribution is 0.132. The predicted octanol–water partition coefficient (Wildman–Crippen LogP) is 9.08. The van der Waals surface area contributed by atoms with Crippen LogP contribution in [-0.2, 0) is 19.6 Å². The standard InChI is InChI=1S/C23H28N6O3.C22H27N7O3.C22H27N7O2S/c1-14(2)18-12-25-29-21(18)27-22(26-19(13-30)15(3)31)28-23(29)24-11-16-6-8-17(9-7-16)20-5-4-10-32-20;2*1-13(2)16-11-25-29-20(16)27-21(26-18(12-30)14(3)31)28-22(29)24-10-15-6-7-17(23-9-15)19-5-4-8-32-19/h4-10,12,14-15,19,30-31H,11,13H2,1-3H3,(H2,24,26,27,28);2*4-9,11,13-14,18,30-31H,10,12H2,1-3H3,(H2,24,26,27,28)/t15-,19-;2*14-,18-/m010/s1. The van der Waals surface area contributed by atoms with E-state index in [1.165, 1.54) is 0 Å². The molecule has 504 valence electrons. The molecule has 0 aliphatic rings. The fourth-order valence-corrected chi connectivity index (χ4v) is 10.6. The Morgan fingerprint density at radius 1 is 0.427 bits per heavy atom. The first-order chi connectivity index (χ1) is 46.4. The SMILES string of the molecule is CC(C)c1cnn2c(NCc3ccc(-c4ccco4)cc3)nc(N[C@@H](CO)[C@H](C)O)nc12.CC(C)c1cnn2c(NCc3ccc(-c4ccco4)nc3)nc(N[C@H](CO)[C@@H](C)O)nc12.CC(C)c1cnn2c(NCc3ccc(-c4cccs4)nc3)nc(N[C@@H](CO)[C@H](C)O)nc12. The van der Waals surface area contributed by atoms with Crippen molar-refractivity contribution in [1.29, 1.82) is 0 Å². The molecule has 12 rings (SSSR count). The third-order valence-electron chi connectivity index (χ3n) is 15.6. The summed E-state index contributed by atoms with van der Waals surface area (Å²) >= 11 is 1.66. The molecule has 0 amide bonds. The molecule has 29 heteroatoms. The maximum absolute atomic E-state index is 9.88. The van der Waals surface area contributed by atoms with Gasteiger partial charge < -0.3 is 71.4 Å². The zero-order chi connectivity index (χ0) is 68.0. The smallest absolute Gasteiger partial charge is 0.229 e. The summed E-state index contributed by atoms with van der Waals surface area (Å²) in [5.41, 5.74) is 10.7. The van der Waals surface area contributed by atoms with Crippen molar-refractivity contribution in [2.45, 2.75) is 136 Å². The highest BCUT2D eigenvalue weighted by molar-refractivity contribution is 7.13. The zero-order valence-electron chi connectivity index (χ0n) is 54.8. The van der Waals surface area contributed by atoms with Gasteiger partial charge in [-0.3, -0.25) is 9.97 Å². The van der Waals surface area contributed by atoms with E-state index in [2.05, 4.69) is 129 Å². The van der Waals surface area contributed by atoms with Gasteiger partial charge >= 0.3 is 0 Å². The van der Waals surface area contributed by atoms with Crippen molar-refractivity contribution in [2.24, 2.45) is 0 Å². The van der Waals surface area contributed by atoms with E-state index in [4.69, 9.17) is 8.83 Å². The highest BCUT2D eigenvalue weighted by Gasteiger charge is 2.23. The summed E-state index contributed by atoms with van der Waals surface area (Å²) in [6, 6.07) is 25.8. The van der Waals surface area contributed by atoms with Crippen molar-refractivity contribution in [3.05, 3.63) is 167 Å². The molecule has 0 spiro atoms. The molecule has 0 saturated carbocycles. The number of anilines is 6. The molecular weight excluding hydrogens is 1240 g/mol. The van der Waals surface area contributed by atoms with Gasteiger partial charge in [0.15, 0.2) is 22.7 Å². The minimum absolute atomic E-state index is 0.215. The fourth-order valence-electron chi connectivity index (χ4n) is 9.87. The summed E-state index contributed by atoms with van der Waals surface area (Å²) in [7, 11) is 0. The Morgan fingerprint density at radius 3 is 1.15 bits per heavy atom. The van der Waals surface area contributed by atoms with E-state index in [-0.39, 0.29) is 37.6 Å². The number of fused-ring (bicyclic) bond motifs is 3. The zero-order valence-corrected chi connectivity index (χ0v) is 55.6. The number of hydrogen-bond donors (Lipinski definition) is 12. The number of aliphatic hydroxyl groups excluding tert-OH is 6. The lowest BCUT2D eigenvalue weighted by Gasteiger charge is -2.19. The summed E-state index contributed by atoms with van der Waals surface area (Å²) in [6.07, 6.45) is 9.96. The van der Waals surface area contributed by atoms with Gasteiger partial charge in [-0.05, 0) is 103 Å². The second kappa shape index (κ2) is 31.9. The van der Waals surface area contributed by atoms with Gasteiger partial charge in [-0.15, -0.1) is 11.3 Å². The van der Waals surface area contributed by atoms with Crippen LogP contribution in [0.2, 0.25) is 0 Å². The van der Waals surface area contributed by atoms with Gasteiger partial charge in [0.2, 0.25) is 35.7 Å². The number of pyridine rings is 2. The summed E-state index contributed by atoms with van der Waals surface area (Å²) in [4.78, 5) is 37.5. The monoisotopic (exact) mass is 1330 g/mol. The van der Waals surface area contributed by atoms with Crippen LogP contribution in [-0.4, -0.2) is 156 Å². The Kier molecular flexibility index (Phi) is 22.9. The number of hydrogen-bond acceptors (Lipinski definition) is 26. The molecule has 0 aliphatic carbocycles. The second-order valence-electron chi connectivity index (χ2n) is 23.9. The normalized spacial score (nSPS) is 13.4. The lowest BCUT2D eigenvalue weighted by atomic mass is 10.1. The number of nitrogens with zero attached hydrogens (tertiary/aromatic N) is 14. The number of furan rings is 2. The van der Waals surface area contributed by atoms with Gasteiger partial charge in [0.1, 0.15) is 11.5 Å². The molecule has 11 aromatic heterocycles. The van der Waals surface area contributed by atoms with Crippen LogP contribution in [0.15, 0.2) is 143 Å². The molecule has 1 aromatic carbocycles. The minimum Gasteiger partial charge on any atom is -0.464 e. The number of aromatic nitrogens is 14. The average molecular weight is 1330 g/mol. The molecule has 0 bridgehead atoms. The van der Waals surface area contributed by atoms with Crippen molar-refractivity contribution >= 4 is 64.0 Å². The van der Waals surface area contributed by atoms with Crippen molar-refractivity contribution < 1.29 is 39.5 Å². The highest BCUT2D eigenvalue weighted by Crippen LogP contribution is 2.29. The molecule has 12 aromatic rings. The summed E-state index contributed by atoms with van der Waals surface area (Å²) in [5.74, 6) is 4.64. The number of nitrogens with one attached hydrogen (secondary N) is 6. The van der Waals surface area contributed by atoms with Crippen molar-refractivity contribution in [2.75, 3.05) is 51.7 Å². The van der Waals surface area contributed by atoms with E-state index in [0.717, 1.165) is 61.0 Å². The molecule has 28 nitrogen and oxygen atoms in total. The van der Waals surface area contributed by atoms with Crippen LogP contribution in [0, 0.1) is 0 Å². The highest BCUT2D eigenvalue weighted by atomic mass is 32.1. The third-order valence-corrected chi connectivity index (χ3v) is 16.5. The van der Waals surface area contributed by atoms with E-state index in [1.807, 2.05) is 96.5 Å². The number of benzene rings is 1. The minimum atomic E-state index is -0.774. The van der Waals surface area contributed by atoms with Gasteiger partial charge in [0.25, 0.3) is 0 Å². The molecule has 0 unspecified atom stereocenters. The molecule has 0 radical (unpaired) electrons. The Bertz CT molecular complexity index is 3910. The first-order valence-corrected chi connectivity index (χ1v) is 32.5. The van der Waals surface area contributed by atoms with Crippen LogP contribution in [0.25, 0.3) is 50.3 Å². The Labute approximate surface area is 558 Å². The Morgan fingerprint density at radius 2 is 0.812 bits per heavy atom. The summed E-state index contributed by atoms with van der Waals surface area (Å²) in [5, 5.41) is 92.8. The van der Waals surface area contributed by atoms with E-state index in [9.17, 15) is 30.6 Å². The van der Waals surface area contributed by atoms with Crippen LogP contribution in [0.1, 0.15) is 113 Å². The van der Waals surface area contributed by atoms with E-state index >= 15 is 0 Å². The summed E-state index contributed by atoms with van der Waals surface area (Å²) in [6.45, 7) is 18.0. The fraction of sp³-hybridized carbons (Fsp3) is 0.358. The quantitative estimate of drug-likeness (QED) is 0.0228. The molecule has 0 saturated heterocycles. The molecule has 6 atom stereocenters. The topological polar surface area (TPSA) is 375 Å². The predicted molar refractivity (Wildman–Crippen MR) is 369 cm³/mol. The van der Waals surface area contributed by atoms with Gasteiger partial charge in [0, 0.05) is 54.3 Å². The van der Waals surface area contributed by atoms with Crippen LogP contribution < -0.4 is 31.9 Å². The number of thiophene rings is 1. The number of aliphatic hydroxyl groups is 6. The molecular formula is C67H82N20O8S. The van der Waals surface area contributed by atoms with Gasteiger partial charge in [0.05, 0.1) is 97.9 Å². The molecule has 12 N–H and O–H groups in total. The molecule has 96 heavy (non-hydrogen) atoms. The first kappa shape index (κ1) is 68.8. The largest absolute Gasteiger partial charge is 0.464 e. The van der Waals surface area contributed by atoms with Crippen LogP contribution >= 0.6 is 11.3 Å². The van der Waals surface area contributed by atoms with Crippen molar-refractivity contribution in [3.8, 4) is 33.3 Å². The maximum Gasteiger partial charge on any atom is 0.229 e. The first-order valence-electron chi connectivity index (χ1n) is 31.6. The van der Waals surface area contributed by atoms with E-state index in [0.29, 0.717) is 78.0 Å². The molecule has 0 aliphatic heterocycles. The van der Waals surface area contributed by atoms with Crippen molar-refractivity contribution in [3.63, 3.8) is 0 Å². The van der Waals surface area contributed by atoms with Crippen LogP contribution in [0.4, 0.5) is 35.7 Å². The van der Waals surface area contributed by atoms with Gasteiger partial charge in [-0.1, -0.05) is 84.0 Å². The lowest BCUT2D eigenvalue weighted by Crippen LogP contribution is -2.35. The van der Waals surface area contributed by atoms with Gasteiger partial charge in [-0.25, -0.2) is 0 Å². The Balaban J connectivity index is 0.000000157. The third kappa shape index (κ3) is 16.9. The molecule has 11 heterocycles. The maximum atomic E-state index is 9.88. The molecule has 0 fully saturated rings. The van der Waals surface area contributed by atoms with Gasteiger partial charge in [-0.2, -0.15) is 58.7 Å². The second-order valence-corrected chi connectivity index (χ2v) is 24.8. The number of rotatable bonds is 27.